The van der Waals surface area contributed by atoms with Crippen LogP contribution in [-0.2, 0) is 19.1 Å². The maximum Gasteiger partial charge on any atom is 0.339 e. The maximum absolute atomic E-state index is 11.8. The van der Waals surface area contributed by atoms with Crippen LogP contribution in [0.2, 0.25) is 0 Å². The smallest absolute Gasteiger partial charge is 0.339 e. The Labute approximate surface area is 145 Å². The van der Waals surface area contributed by atoms with Crippen LogP contribution in [0.3, 0.4) is 0 Å². The first kappa shape index (κ1) is 22.9. The highest BCUT2D eigenvalue weighted by Crippen LogP contribution is 2.28. The van der Waals surface area contributed by atoms with E-state index in [2.05, 4.69) is 6.92 Å². The number of carboxylic acid groups (broad SMARTS) is 2. The summed E-state index contributed by atoms with van der Waals surface area (Å²) in [5.41, 5.74) is -1.82. The Bertz CT molecular complexity index is 357. The average Bonchev–Trinajstić information content (AvgIpc) is 2.53. The molecule has 0 aliphatic rings. The molecule has 0 aliphatic heterocycles. The van der Waals surface area contributed by atoms with Crippen LogP contribution >= 0.6 is 0 Å². The lowest BCUT2D eigenvalue weighted by molar-refractivity contribution is -0.201. The average molecular weight is 346 g/mol. The second-order valence-electron chi connectivity index (χ2n) is 6.03. The lowest BCUT2D eigenvalue weighted by atomic mass is 9.89. The first-order chi connectivity index (χ1) is 11.5. The van der Waals surface area contributed by atoms with Crippen molar-refractivity contribution in [2.45, 2.75) is 90.3 Å². The second-order valence-corrected chi connectivity index (χ2v) is 6.03. The molecule has 24 heavy (non-hydrogen) atoms. The first-order valence-electron chi connectivity index (χ1n) is 9.17. The van der Waals surface area contributed by atoms with Gasteiger partial charge in [0.05, 0.1) is 0 Å². The van der Waals surface area contributed by atoms with Gasteiger partial charge < -0.3 is 19.7 Å². The molecule has 0 aromatic carbocycles. The number of ether oxygens (including phenoxy) is 2. The zero-order valence-electron chi connectivity index (χ0n) is 15.4. The summed E-state index contributed by atoms with van der Waals surface area (Å²) in [5.74, 6) is -2.57. The van der Waals surface area contributed by atoms with Crippen molar-refractivity contribution in [3.8, 4) is 0 Å². The molecular formula is C18H34O6. The van der Waals surface area contributed by atoms with E-state index in [-0.39, 0.29) is 19.6 Å². The third-order valence-electron chi connectivity index (χ3n) is 4.15. The summed E-state index contributed by atoms with van der Waals surface area (Å²) in [6.45, 7) is 5.73. The van der Waals surface area contributed by atoms with Gasteiger partial charge in [-0.05, 0) is 26.7 Å². The van der Waals surface area contributed by atoms with Gasteiger partial charge in [0.25, 0.3) is 0 Å². The minimum absolute atomic E-state index is 0.122. The van der Waals surface area contributed by atoms with E-state index in [1.165, 1.54) is 25.7 Å². The molecular weight excluding hydrogens is 312 g/mol. The van der Waals surface area contributed by atoms with Crippen molar-refractivity contribution in [3.05, 3.63) is 0 Å². The molecule has 0 aromatic rings. The van der Waals surface area contributed by atoms with Crippen molar-refractivity contribution < 1.29 is 29.3 Å². The van der Waals surface area contributed by atoms with Gasteiger partial charge >= 0.3 is 11.9 Å². The van der Waals surface area contributed by atoms with Crippen molar-refractivity contribution in [1.29, 1.82) is 0 Å². The first-order valence-corrected chi connectivity index (χ1v) is 9.17. The zero-order valence-corrected chi connectivity index (χ0v) is 15.4. The van der Waals surface area contributed by atoms with Crippen LogP contribution in [0.25, 0.3) is 0 Å². The van der Waals surface area contributed by atoms with E-state index in [4.69, 9.17) is 9.47 Å². The predicted molar refractivity (Wildman–Crippen MR) is 92.3 cm³/mol. The van der Waals surface area contributed by atoms with E-state index >= 15 is 0 Å². The van der Waals surface area contributed by atoms with Crippen LogP contribution in [0, 0.1) is 0 Å². The molecule has 6 heteroatoms. The molecule has 0 aliphatic carbocycles. The van der Waals surface area contributed by atoms with Crippen molar-refractivity contribution in [2.24, 2.45) is 0 Å². The molecule has 2 N–H and O–H groups in total. The van der Waals surface area contributed by atoms with Gasteiger partial charge in [0.15, 0.2) is 6.10 Å². The Morgan fingerprint density at radius 1 is 0.875 bits per heavy atom. The fourth-order valence-electron chi connectivity index (χ4n) is 2.91. The van der Waals surface area contributed by atoms with Gasteiger partial charge in [-0.3, -0.25) is 0 Å². The summed E-state index contributed by atoms with van der Waals surface area (Å²) in [6, 6.07) is 0. The highest BCUT2D eigenvalue weighted by atomic mass is 16.6. The molecule has 0 bridgehead atoms. The Hall–Kier alpha value is -1.14. The lowest BCUT2D eigenvalue weighted by Crippen LogP contribution is -2.56. The van der Waals surface area contributed by atoms with Crippen molar-refractivity contribution in [1.82, 2.24) is 0 Å². The fourth-order valence-corrected chi connectivity index (χ4v) is 2.91. The van der Waals surface area contributed by atoms with E-state index in [1.807, 2.05) is 0 Å². The van der Waals surface area contributed by atoms with E-state index < -0.39 is 23.6 Å². The largest absolute Gasteiger partial charge is 0.479 e. The normalized spacial score (nSPS) is 15.0. The number of hydrogen-bond acceptors (Lipinski definition) is 4. The Morgan fingerprint density at radius 3 is 1.83 bits per heavy atom. The zero-order chi connectivity index (χ0) is 18.4. The molecule has 0 saturated heterocycles. The van der Waals surface area contributed by atoms with Gasteiger partial charge in [-0.2, -0.15) is 0 Å². The standard InChI is InChI=1S/C18H34O6/c1-4-7-8-9-10-11-12-13-14-18(17(21)22,24-6-3)15(16(19)20)23-5-2/h15H,4-14H2,1-3H3,(H,19,20)(H,21,22). The van der Waals surface area contributed by atoms with Crippen molar-refractivity contribution in [2.75, 3.05) is 13.2 Å². The van der Waals surface area contributed by atoms with E-state index in [9.17, 15) is 19.8 Å². The van der Waals surface area contributed by atoms with Gasteiger partial charge in [0, 0.05) is 13.2 Å². The monoisotopic (exact) mass is 346 g/mol. The molecule has 0 heterocycles. The molecule has 2 atom stereocenters. The number of hydrogen-bond donors (Lipinski definition) is 2. The Balaban J connectivity index is 4.66. The molecule has 0 amide bonds. The number of carboxylic acids is 2. The predicted octanol–water partition coefficient (Wildman–Crippen LogP) is 3.87. The third-order valence-corrected chi connectivity index (χ3v) is 4.15. The summed E-state index contributed by atoms with van der Waals surface area (Å²) in [7, 11) is 0. The Kier molecular flexibility index (Phi) is 12.6. The summed E-state index contributed by atoms with van der Waals surface area (Å²) in [5, 5.41) is 19.0. The van der Waals surface area contributed by atoms with Gasteiger partial charge in [-0.15, -0.1) is 0 Å². The van der Waals surface area contributed by atoms with Crippen LogP contribution in [0.4, 0.5) is 0 Å². The molecule has 0 rings (SSSR count). The number of carbonyl (C=O) groups is 2. The van der Waals surface area contributed by atoms with Crippen LogP contribution in [0.15, 0.2) is 0 Å². The highest BCUT2D eigenvalue weighted by Gasteiger charge is 2.51. The van der Waals surface area contributed by atoms with Gasteiger partial charge in [-0.25, -0.2) is 9.59 Å². The molecule has 0 aromatic heterocycles. The van der Waals surface area contributed by atoms with E-state index in [1.54, 1.807) is 13.8 Å². The molecule has 0 saturated carbocycles. The SMILES string of the molecule is CCCCCCCCCCC(OCC)(C(=O)O)C(OCC)C(=O)O. The van der Waals surface area contributed by atoms with Gasteiger partial charge in [-0.1, -0.05) is 51.9 Å². The highest BCUT2D eigenvalue weighted by molar-refractivity contribution is 5.87. The molecule has 2 unspecified atom stereocenters. The summed E-state index contributed by atoms with van der Waals surface area (Å²) in [4.78, 5) is 23.3. The minimum atomic E-state index is -1.82. The quantitative estimate of drug-likeness (QED) is 0.412. The van der Waals surface area contributed by atoms with Gasteiger partial charge in [0.1, 0.15) is 0 Å². The van der Waals surface area contributed by atoms with Crippen LogP contribution < -0.4 is 0 Å². The summed E-state index contributed by atoms with van der Waals surface area (Å²) < 4.78 is 10.6. The van der Waals surface area contributed by atoms with Crippen LogP contribution in [0.1, 0.15) is 78.6 Å². The topological polar surface area (TPSA) is 93.1 Å². The minimum Gasteiger partial charge on any atom is -0.479 e. The van der Waals surface area contributed by atoms with Crippen molar-refractivity contribution in [3.63, 3.8) is 0 Å². The molecule has 142 valence electrons. The van der Waals surface area contributed by atoms with Crippen molar-refractivity contribution >= 4 is 11.9 Å². The fraction of sp³-hybridized carbons (Fsp3) is 0.889. The van der Waals surface area contributed by atoms with Crippen LogP contribution in [-0.4, -0.2) is 47.1 Å². The molecule has 0 fully saturated rings. The Morgan fingerprint density at radius 2 is 1.42 bits per heavy atom. The number of rotatable bonds is 16. The van der Waals surface area contributed by atoms with Crippen LogP contribution in [0.5, 0.6) is 0 Å². The molecule has 6 nitrogen and oxygen atoms in total. The lowest BCUT2D eigenvalue weighted by Gasteiger charge is -2.34. The maximum atomic E-state index is 11.8. The number of unbranched alkanes of at least 4 members (excludes halogenated alkanes) is 7. The second kappa shape index (κ2) is 13.2. The molecule has 0 spiro atoms. The van der Waals surface area contributed by atoms with E-state index in [0.29, 0.717) is 6.42 Å². The molecule has 0 radical (unpaired) electrons. The number of aliphatic carboxylic acids is 2. The third kappa shape index (κ3) is 7.62. The summed E-state index contributed by atoms with van der Waals surface area (Å²) >= 11 is 0. The van der Waals surface area contributed by atoms with E-state index in [0.717, 1.165) is 19.3 Å². The summed E-state index contributed by atoms with van der Waals surface area (Å²) in [6.07, 6.45) is 7.17. The van der Waals surface area contributed by atoms with Gasteiger partial charge in [0.2, 0.25) is 5.60 Å².